The summed E-state index contributed by atoms with van der Waals surface area (Å²) in [7, 11) is 0. The van der Waals surface area contributed by atoms with E-state index in [2.05, 4.69) is 4.90 Å². The van der Waals surface area contributed by atoms with Gasteiger partial charge in [-0.15, -0.1) is 11.3 Å². The summed E-state index contributed by atoms with van der Waals surface area (Å²) >= 11 is 1.54. The third-order valence-electron chi connectivity index (χ3n) is 7.57. The van der Waals surface area contributed by atoms with Crippen molar-refractivity contribution in [3.05, 3.63) is 62.3 Å². The lowest BCUT2D eigenvalue weighted by molar-refractivity contribution is -0.385. The van der Waals surface area contributed by atoms with Crippen LogP contribution < -0.4 is 0 Å². The lowest BCUT2D eigenvalue weighted by Crippen LogP contribution is -2.47. The summed E-state index contributed by atoms with van der Waals surface area (Å²) in [4.78, 5) is 43.2. The van der Waals surface area contributed by atoms with Crippen LogP contribution in [-0.4, -0.2) is 83.2 Å². The standard InChI is InChI=1S/C27H33N5O5S/c33-26(19-30(27(34)20-5-1-2-6-20)11-10-29-12-14-37-15-13-29)31-24(18-23(28-31)25-9-4-16-38-25)21-7-3-8-22(17-21)32(35)36/h3-4,7-9,16-17,20,24H,1-2,5-6,10-15,18-19H2/t24-/m1/s1. The molecule has 2 amide bonds. The van der Waals surface area contributed by atoms with Gasteiger partial charge in [-0.25, -0.2) is 5.01 Å². The number of benzene rings is 1. The molecule has 2 fully saturated rings. The van der Waals surface area contributed by atoms with E-state index in [0.717, 1.165) is 49.4 Å². The Morgan fingerprint density at radius 1 is 1.16 bits per heavy atom. The van der Waals surface area contributed by atoms with Crippen molar-refractivity contribution >= 4 is 34.6 Å². The molecule has 3 aliphatic rings. The quantitative estimate of drug-likeness (QED) is 0.355. The molecule has 0 spiro atoms. The van der Waals surface area contributed by atoms with Crippen molar-refractivity contribution in [1.29, 1.82) is 0 Å². The first-order chi connectivity index (χ1) is 18.5. The van der Waals surface area contributed by atoms with Crippen molar-refractivity contribution < 1.29 is 19.2 Å². The molecule has 202 valence electrons. The van der Waals surface area contributed by atoms with E-state index in [1.807, 2.05) is 17.5 Å². The molecule has 38 heavy (non-hydrogen) atoms. The van der Waals surface area contributed by atoms with E-state index in [4.69, 9.17) is 9.84 Å². The summed E-state index contributed by atoms with van der Waals surface area (Å²) in [6.45, 7) is 4.07. The smallest absolute Gasteiger partial charge is 0.269 e. The molecule has 5 rings (SSSR count). The van der Waals surface area contributed by atoms with Gasteiger partial charge in [0.15, 0.2) is 0 Å². The van der Waals surface area contributed by atoms with Gasteiger partial charge in [-0.3, -0.25) is 24.6 Å². The second-order valence-electron chi connectivity index (χ2n) is 10.0. The second-order valence-corrected chi connectivity index (χ2v) is 11.0. The fourth-order valence-electron chi connectivity index (χ4n) is 5.46. The Balaban J connectivity index is 1.37. The van der Waals surface area contributed by atoms with Crippen molar-refractivity contribution in [2.24, 2.45) is 11.0 Å². The molecular weight excluding hydrogens is 506 g/mol. The highest BCUT2D eigenvalue weighted by Gasteiger charge is 2.36. The van der Waals surface area contributed by atoms with Gasteiger partial charge in [-0.1, -0.05) is 31.0 Å². The summed E-state index contributed by atoms with van der Waals surface area (Å²) in [5.74, 6) is -0.275. The van der Waals surface area contributed by atoms with Gasteiger partial charge in [0, 0.05) is 50.7 Å². The molecule has 1 saturated carbocycles. The van der Waals surface area contributed by atoms with E-state index >= 15 is 0 Å². The maximum absolute atomic E-state index is 13.8. The topological polar surface area (TPSA) is 109 Å². The summed E-state index contributed by atoms with van der Waals surface area (Å²) in [5.41, 5.74) is 1.40. The van der Waals surface area contributed by atoms with Crippen LogP contribution in [0.25, 0.3) is 0 Å². The Kier molecular flexibility index (Phi) is 8.45. The van der Waals surface area contributed by atoms with Crippen LogP contribution in [0.4, 0.5) is 5.69 Å². The normalized spacial score (nSPS) is 20.5. The Morgan fingerprint density at radius 3 is 2.66 bits per heavy atom. The Hall–Kier alpha value is -3.15. The van der Waals surface area contributed by atoms with Gasteiger partial charge in [-0.2, -0.15) is 5.10 Å². The van der Waals surface area contributed by atoms with E-state index in [1.54, 1.807) is 28.4 Å². The third-order valence-corrected chi connectivity index (χ3v) is 8.49. The summed E-state index contributed by atoms with van der Waals surface area (Å²) < 4.78 is 5.45. The number of rotatable bonds is 9. The molecule has 0 unspecified atom stereocenters. The van der Waals surface area contributed by atoms with Crippen LogP contribution in [0.15, 0.2) is 46.9 Å². The number of hydrogen-bond acceptors (Lipinski definition) is 8. The van der Waals surface area contributed by atoms with Crippen LogP contribution in [0.2, 0.25) is 0 Å². The lowest BCUT2D eigenvalue weighted by atomic mass is 10.0. The average Bonchev–Trinajstić information content (AvgIpc) is 3.73. The van der Waals surface area contributed by atoms with Gasteiger partial charge >= 0.3 is 0 Å². The fourth-order valence-corrected chi connectivity index (χ4v) is 6.18. The number of nitrogens with zero attached hydrogens (tertiary/aromatic N) is 5. The van der Waals surface area contributed by atoms with Crippen molar-refractivity contribution in [1.82, 2.24) is 14.8 Å². The number of carbonyl (C=O) groups excluding carboxylic acids is 2. The van der Waals surface area contributed by atoms with E-state index in [1.165, 1.54) is 17.1 Å². The number of ether oxygens (including phenoxy) is 1. The number of carbonyl (C=O) groups is 2. The number of non-ortho nitro benzene ring substituents is 1. The maximum atomic E-state index is 13.8. The molecule has 11 heteroatoms. The van der Waals surface area contributed by atoms with E-state index in [-0.39, 0.29) is 30.0 Å². The number of nitro benzene ring substituents is 1. The lowest BCUT2D eigenvalue weighted by Gasteiger charge is -2.32. The van der Waals surface area contributed by atoms with Crippen LogP contribution in [0.1, 0.15) is 48.6 Å². The highest BCUT2D eigenvalue weighted by atomic mass is 32.1. The van der Waals surface area contributed by atoms with Crippen LogP contribution in [0.3, 0.4) is 0 Å². The minimum atomic E-state index is -0.470. The summed E-state index contributed by atoms with van der Waals surface area (Å²) in [5, 5.41) is 19.5. The predicted molar refractivity (Wildman–Crippen MR) is 144 cm³/mol. The maximum Gasteiger partial charge on any atom is 0.269 e. The second kappa shape index (κ2) is 12.1. The van der Waals surface area contributed by atoms with Gasteiger partial charge in [0.05, 0.1) is 34.8 Å². The Morgan fingerprint density at radius 2 is 1.95 bits per heavy atom. The largest absolute Gasteiger partial charge is 0.379 e. The highest BCUT2D eigenvalue weighted by molar-refractivity contribution is 7.12. The molecule has 1 aromatic carbocycles. The van der Waals surface area contributed by atoms with Gasteiger partial charge in [0.1, 0.15) is 6.54 Å². The molecule has 10 nitrogen and oxygen atoms in total. The molecule has 0 bridgehead atoms. The molecule has 3 heterocycles. The molecule has 1 saturated heterocycles. The molecule has 1 aromatic heterocycles. The number of nitro groups is 1. The van der Waals surface area contributed by atoms with E-state index in [9.17, 15) is 19.7 Å². The molecule has 0 radical (unpaired) electrons. The van der Waals surface area contributed by atoms with Gasteiger partial charge in [-0.05, 0) is 29.9 Å². The van der Waals surface area contributed by atoms with Gasteiger partial charge in [0.2, 0.25) is 5.91 Å². The van der Waals surface area contributed by atoms with Gasteiger partial charge in [0.25, 0.3) is 11.6 Å². The number of thiophene rings is 1. The zero-order valence-corrected chi connectivity index (χ0v) is 22.2. The fraction of sp³-hybridized carbons (Fsp3) is 0.519. The van der Waals surface area contributed by atoms with Crippen molar-refractivity contribution in [3.8, 4) is 0 Å². The number of amides is 2. The van der Waals surface area contributed by atoms with E-state index in [0.29, 0.717) is 38.3 Å². The first-order valence-corrected chi connectivity index (χ1v) is 14.1. The summed E-state index contributed by atoms with van der Waals surface area (Å²) in [6.07, 6.45) is 4.26. The predicted octanol–water partition coefficient (Wildman–Crippen LogP) is 3.69. The van der Waals surface area contributed by atoms with Crippen LogP contribution in [0.5, 0.6) is 0 Å². The zero-order chi connectivity index (χ0) is 26.5. The Labute approximate surface area is 226 Å². The number of hydrazone groups is 1. The molecule has 1 aliphatic carbocycles. The van der Waals surface area contributed by atoms with Crippen LogP contribution in [0, 0.1) is 16.0 Å². The molecule has 0 N–H and O–H groups in total. The molecular formula is C27H33N5O5S. The minimum Gasteiger partial charge on any atom is -0.379 e. The molecule has 1 atom stereocenters. The highest BCUT2D eigenvalue weighted by Crippen LogP contribution is 2.35. The van der Waals surface area contributed by atoms with Crippen molar-refractivity contribution in [3.63, 3.8) is 0 Å². The van der Waals surface area contributed by atoms with Crippen LogP contribution >= 0.6 is 11.3 Å². The minimum absolute atomic E-state index is 0.0250. The zero-order valence-electron chi connectivity index (χ0n) is 21.4. The molecule has 2 aromatic rings. The monoisotopic (exact) mass is 539 g/mol. The average molecular weight is 540 g/mol. The van der Waals surface area contributed by atoms with E-state index < -0.39 is 11.0 Å². The van der Waals surface area contributed by atoms with Crippen molar-refractivity contribution in [2.45, 2.75) is 38.1 Å². The summed E-state index contributed by atoms with van der Waals surface area (Å²) in [6, 6.07) is 9.81. The molecule has 2 aliphatic heterocycles. The third kappa shape index (κ3) is 6.11. The van der Waals surface area contributed by atoms with Gasteiger partial charge < -0.3 is 9.64 Å². The van der Waals surface area contributed by atoms with Crippen LogP contribution in [-0.2, 0) is 14.3 Å². The first kappa shape index (κ1) is 26.5. The number of hydrogen-bond donors (Lipinski definition) is 0. The first-order valence-electron chi connectivity index (χ1n) is 13.3. The SMILES string of the molecule is O=C(C1CCCC1)N(CCN1CCOCC1)CC(=O)N1N=C(c2cccs2)C[C@@H]1c1cccc([N+](=O)[O-])c1. The van der Waals surface area contributed by atoms with Crippen molar-refractivity contribution in [2.75, 3.05) is 45.9 Å². The number of morpholine rings is 1. The Bertz CT molecular complexity index is 1170.